The Morgan fingerprint density at radius 2 is 1.82 bits per heavy atom. The largest absolute Gasteiger partial charge is 0.490 e. The van der Waals surface area contributed by atoms with Gasteiger partial charge in [-0.2, -0.15) is 0 Å². The summed E-state index contributed by atoms with van der Waals surface area (Å²) in [5.74, 6) is 0.978. The number of nitrogens with zero attached hydrogens (tertiary/aromatic N) is 1. The number of ether oxygens (including phenoxy) is 2. The molecule has 0 fully saturated rings. The Balaban J connectivity index is 1.59. The molecule has 3 rings (SSSR count). The Morgan fingerprint density at radius 1 is 1.09 bits per heavy atom. The highest BCUT2D eigenvalue weighted by Gasteiger charge is 2.12. The third-order valence-electron chi connectivity index (χ3n) is 4.44. The number of hydrogen-bond donors (Lipinski definition) is 1. The molecule has 0 heterocycles. The van der Waals surface area contributed by atoms with Crippen LogP contribution in [0.15, 0.2) is 65.8 Å². The Hall–Kier alpha value is -2.78. The summed E-state index contributed by atoms with van der Waals surface area (Å²) < 4.78 is 12.7. The molecule has 172 valence electrons. The molecule has 3 aromatic carbocycles. The molecule has 0 radical (unpaired) electrons. The molecule has 1 amide bonds. The molecule has 0 aliphatic rings. The quantitative estimate of drug-likeness (QED) is 0.176. The highest BCUT2D eigenvalue weighted by atomic mass is 127. The van der Waals surface area contributed by atoms with Crippen molar-refractivity contribution in [2.45, 2.75) is 20.5 Å². The summed E-state index contributed by atoms with van der Waals surface area (Å²) in [6.45, 7) is 4.58. The van der Waals surface area contributed by atoms with E-state index in [0.717, 1.165) is 20.3 Å². The second kappa shape index (κ2) is 12.5. The molecule has 0 spiro atoms. The van der Waals surface area contributed by atoms with Gasteiger partial charge >= 0.3 is 0 Å². The molecular weight excluding hydrogens is 555 g/mol. The lowest BCUT2D eigenvalue weighted by atomic mass is 10.2. The van der Waals surface area contributed by atoms with Crippen LogP contribution in [-0.4, -0.2) is 25.3 Å². The number of anilines is 1. The van der Waals surface area contributed by atoms with E-state index in [0.29, 0.717) is 35.4 Å². The van der Waals surface area contributed by atoms with E-state index in [1.165, 1.54) is 6.21 Å². The average Bonchev–Trinajstić information content (AvgIpc) is 2.79. The summed E-state index contributed by atoms with van der Waals surface area (Å²) in [6.07, 6.45) is 1.53. The number of nitrogens with one attached hydrogen (secondary N) is 1. The van der Waals surface area contributed by atoms with Crippen LogP contribution in [0.2, 0.25) is 5.02 Å². The van der Waals surface area contributed by atoms with Gasteiger partial charge in [0, 0.05) is 16.3 Å². The zero-order valence-corrected chi connectivity index (χ0v) is 21.2. The van der Waals surface area contributed by atoms with Crippen LogP contribution in [0.1, 0.15) is 23.6 Å². The Labute approximate surface area is 212 Å². The van der Waals surface area contributed by atoms with Gasteiger partial charge in [-0.25, -0.2) is 0 Å². The Morgan fingerprint density at radius 3 is 2.52 bits per heavy atom. The van der Waals surface area contributed by atoms with Gasteiger partial charge in [-0.1, -0.05) is 46.6 Å². The monoisotopic (exact) mass is 578 g/mol. The number of halogens is 2. The first kappa shape index (κ1) is 24.9. The van der Waals surface area contributed by atoms with Crippen molar-refractivity contribution in [2.24, 2.45) is 5.16 Å². The molecule has 0 unspecified atom stereocenters. The van der Waals surface area contributed by atoms with Gasteiger partial charge in [0.25, 0.3) is 5.91 Å². The van der Waals surface area contributed by atoms with Gasteiger partial charge in [0.05, 0.1) is 16.4 Å². The number of hydrogen-bond acceptors (Lipinski definition) is 5. The predicted octanol–water partition coefficient (Wildman–Crippen LogP) is 6.22. The van der Waals surface area contributed by atoms with E-state index in [1.54, 1.807) is 0 Å². The summed E-state index contributed by atoms with van der Waals surface area (Å²) in [4.78, 5) is 17.2. The van der Waals surface area contributed by atoms with Gasteiger partial charge < -0.3 is 19.6 Å². The fraction of sp³-hybridized carbons (Fsp3) is 0.200. The lowest BCUT2D eigenvalue weighted by Gasteiger charge is -2.14. The maximum Gasteiger partial charge on any atom is 0.265 e. The van der Waals surface area contributed by atoms with Gasteiger partial charge in [0.15, 0.2) is 18.1 Å². The third kappa shape index (κ3) is 7.94. The predicted molar refractivity (Wildman–Crippen MR) is 139 cm³/mol. The molecule has 0 aromatic heterocycles. The second-order valence-corrected chi connectivity index (χ2v) is 8.70. The van der Waals surface area contributed by atoms with E-state index in [-0.39, 0.29) is 12.5 Å². The van der Waals surface area contributed by atoms with Crippen LogP contribution in [0, 0.1) is 10.5 Å². The first-order valence-corrected chi connectivity index (χ1v) is 11.8. The van der Waals surface area contributed by atoms with Crippen molar-refractivity contribution in [2.75, 3.05) is 18.5 Å². The first-order chi connectivity index (χ1) is 15.9. The van der Waals surface area contributed by atoms with E-state index in [2.05, 4.69) is 33.1 Å². The van der Waals surface area contributed by atoms with Crippen LogP contribution in [0.25, 0.3) is 0 Å². The van der Waals surface area contributed by atoms with Crippen LogP contribution in [0.4, 0.5) is 5.69 Å². The minimum Gasteiger partial charge on any atom is -0.490 e. The van der Waals surface area contributed by atoms with Crippen molar-refractivity contribution in [3.05, 3.63) is 85.9 Å². The molecule has 0 aliphatic heterocycles. The van der Waals surface area contributed by atoms with Crippen LogP contribution in [0.3, 0.4) is 0 Å². The zero-order chi connectivity index (χ0) is 23.6. The van der Waals surface area contributed by atoms with E-state index >= 15 is 0 Å². The topological polar surface area (TPSA) is 69.2 Å². The van der Waals surface area contributed by atoms with Crippen LogP contribution < -0.4 is 14.8 Å². The van der Waals surface area contributed by atoms with Crippen molar-refractivity contribution in [1.82, 2.24) is 0 Å². The van der Waals surface area contributed by atoms with Gasteiger partial charge in [-0.05, 0) is 78.4 Å². The summed E-state index contributed by atoms with van der Waals surface area (Å²) in [6, 6.07) is 18.7. The van der Waals surface area contributed by atoms with Crippen molar-refractivity contribution >= 4 is 52.0 Å². The third-order valence-corrected chi connectivity index (χ3v) is 5.49. The summed E-state index contributed by atoms with van der Waals surface area (Å²) in [7, 11) is 0. The van der Waals surface area contributed by atoms with Crippen LogP contribution in [-0.2, 0) is 16.2 Å². The lowest BCUT2D eigenvalue weighted by molar-refractivity contribution is -0.120. The molecule has 6 nitrogen and oxygen atoms in total. The smallest absolute Gasteiger partial charge is 0.265 e. The zero-order valence-electron chi connectivity index (χ0n) is 18.3. The summed E-state index contributed by atoms with van der Waals surface area (Å²) in [5, 5.41) is 7.35. The minimum atomic E-state index is -0.286. The number of carbonyl (C=O) groups excluding carboxylic acids is 1. The van der Waals surface area contributed by atoms with Gasteiger partial charge in [0.1, 0.15) is 6.61 Å². The molecule has 8 heteroatoms. The molecule has 0 saturated carbocycles. The van der Waals surface area contributed by atoms with Gasteiger partial charge in [-0.15, -0.1) is 0 Å². The minimum absolute atomic E-state index is 0.192. The maximum atomic E-state index is 12.0. The molecule has 0 bridgehead atoms. The summed E-state index contributed by atoms with van der Waals surface area (Å²) >= 11 is 8.14. The number of amides is 1. The average molecular weight is 579 g/mol. The van der Waals surface area contributed by atoms with Crippen molar-refractivity contribution in [1.29, 1.82) is 0 Å². The SMILES string of the molecule is CCOc1cc(/C=N/OCC(=O)Nc2ccc(C)cc2)cc(I)c1OCc1ccc(Cl)cc1. The van der Waals surface area contributed by atoms with Crippen LogP contribution >= 0.6 is 34.2 Å². The molecule has 33 heavy (non-hydrogen) atoms. The first-order valence-electron chi connectivity index (χ1n) is 10.3. The second-order valence-electron chi connectivity index (χ2n) is 7.10. The van der Waals surface area contributed by atoms with Crippen LogP contribution in [0.5, 0.6) is 11.5 Å². The standard InChI is InChI=1S/C25H24ClIN2O4/c1-3-31-23-13-19(12-22(27)25(23)32-15-18-6-8-20(26)9-7-18)14-28-33-16-24(30)29-21-10-4-17(2)5-11-21/h4-14H,3,15-16H2,1-2H3,(H,29,30)/b28-14+. The number of aryl methyl sites for hydroxylation is 1. The lowest BCUT2D eigenvalue weighted by Crippen LogP contribution is -2.16. The van der Waals surface area contributed by atoms with E-state index in [9.17, 15) is 4.79 Å². The number of rotatable bonds is 10. The van der Waals surface area contributed by atoms with Crippen molar-refractivity contribution < 1.29 is 19.1 Å². The molecule has 1 N–H and O–H groups in total. The fourth-order valence-electron chi connectivity index (χ4n) is 2.83. The van der Waals surface area contributed by atoms with Gasteiger partial charge in [-0.3, -0.25) is 4.79 Å². The molecule has 0 atom stereocenters. The van der Waals surface area contributed by atoms with Crippen molar-refractivity contribution in [3.8, 4) is 11.5 Å². The van der Waals surface area contributed by atoms with E-state index in [4.69, 9.17) is 25.9 Å². The molecule has 0 saturated heterocycles. The summed E-state index contributed by atoms with van der Waals surface area (Å²) in [5.41, 5.74) is 3.60. The van der Waals surface area contributed by atoms with E-state index in [1.807, 2.05) is 74.5 Å². The molecular formula is C25H24ClIN2O4. The Kier molecular flexibility index (Phi) is 9.38. The number of benzene rings is 3. The number of oxime groups is 1. The normalized spacial score (nSPS) is 10.8. The molecule has 3 aromatic rings. The van der Waals surface area contributed by atoms with Crippen molar-refractivity contribution in [3.63, 3.8) is 0 Å². The highest BCUT2D eigenvalue weighted by molar-refractivity contribution is 14.1. The number of carbonyl (C=O) groups is 1. The maximum absolute atomic E-state index is 12.0. The fourth-order valence-corrected chi connectivity index (χ4v) is 3.74. The Bertz CT molecular complexity index is 1100. The van der Waals surface area contributed by atoms with E-state index < -0.39 is 0 Å². The molecule has 0 aliphatic carbocycles. The van der Waals surface area contributed by atoms with Gasteiger partial charge in [0.2, 0.25) is 0 Å². The highest BCUT2D eigenvalue weighted by Crippen LogP contribution is 2.34.